The first kappa shape index (κ1) is 31.0. The third-order valence-corrected chi connectivity index (χ3v) is 3.34. The van der Waals surface area contributed by atoms with Crippen molar-refractivity contribution in [2.75, 3.05) is 6.61 Å². The van der Waals surface area contributed by atoms with Gasteiger partial charge in [-0.25, -0.2) is 0 Å². The minimum atomic E-state index is -10.7. The normalized spacial score (nSPS) is 12.6. The number of nitrogens with zero attached hydrogens (tertiary/aromatic N) is 4. The first-order valence-electron chi connectivity index (χ1n) is 9.12. The van der Waals surface area contributed by atoms with Crippen LogP contribution in [0.25, 0.3) is 0 Å². The summed E-state index contributed by atoms with van der Waals surface area (Å²) in [4.78, 5) is 15.6. The standard InChI is InChI=1S/C18H18N4.C2H4O.F6P.Rh/c1-4-10-19-16(7-1)13-22(14-17-8-2-5-11-20-17)15-18-9-3-6-12-21-18;1-2-3;1-7(2,3,4,5)6;/h1-12H,13-15H2;1-2H2;;/q;-2;-1;+3. The molecule has 184 valence electrons. The largest absolute Gasteiger partial charge is 3.00 e. The maximum absolute atomic E-state index is 10.7. The molecule has 0 radical (unpaired) electrons. The Hall–Kier alpha value is -2.00. The molecule has 3 aromatic heterocycles. The first-order valence-corrected chi connectivity index (χ1v) is 11.2. The van der Waals surface area contributed by atoms with E-state index in [-0.39, 0.29) is 26.1 Å². The summed E-state index contributed by atoms with van der Waals surface area (Å²) in [6, 6.07) is 18.0. The van der Waals surface area contributed by atoms with Crippen LogP contribution in [0.1, 0.15) is 17.1 Å². The van der Waals surface area contributed by atoms with Crippen LogP contribution < -0.4 is 5.11 Å². The van der Waals surface area contributed by atoms with Crippen LogP contribution in [0.4, 0.5) is 25.2 Å². The van der Waals surface area contributed by atoms with Gasteiger partial charge in [-0.15, -0.1) is 0 Å². The van der Waals surface area contributed by atoms with Gasteiger partial charge < -0.3 is 12.0 Å². The van der Waals surface area contributed by atoms with Crippen molar-refractivity contribution in [3.63, 3.8) is 0 Å². The van der Waals surface area contributed by atoms with E-state index in [1.807, 2.05) is 73.2 Å². The third kappa shape index (κ3) is 20.3. The van der Waals surface area contributed by atoms with E-state index in [1.165, 1.54) is 0 Å². The van der Waals surface area contributed by atoms with Gasteiger partial charge in [-0.05, 0) is 36.4 Å². The number of hydrogen-bond donors (Lipinski definition) is 0. The Morgan fingerprint density at radius 3 is 1.09 bits per heavy atom. The van der Waals surface area contributed by atoms with Gasteiger partial charge >= 0.3 is 52.5 Å². The number of hydrogen-bond acceptors (Lipinski definition) is 5. The second-order valence-corrected chi connectivity index (χ2v) is 8.19. The van der Waals surface area contributed by atoms with Gasteiger partial charge in [-0.1, -0.05) is 18.2 Å². The quantitative estimate of drug-likeness (QED) is 0.163. The molecule has 0 N–H and O–H groups in total. The molecule has 0 aliphatic rings. The Morgan fingerprint density at radius 1 is 0.667 bits per heavy atom. The zero-order valence-electron chi connectivity index (χ0n) is 17.2. The van der Waals surface area contributed by atoms with Crippen LogP contribution in [0, 0.1) is 6.92 Å². The van der Waals surface area contributed by atoms with Crippen LogP contribution in [0.2, 0.25) is 0 Å². The van der Waals surface area contributed by atoms with E-state index in [9.17, 15) is 25.2 Å². The summed E-state index contributed by atoms with van der Waals surface area (Å²) < 4.78 is 59.2. The summed E-state index contributed by atoms with van der Waals surface area (Å²) in [7, 11) is -10.7. The molecule has 13 heteroatoms. The van der Waals surface area contributed by atoms with E-state index in [0.29, 0.717) is 0 Å². The van der Waals surface area contributed by atoms with Crippen LogP contribution in [0.3, 0.4) is 0 Å². The van der Waals surface area contributed by atoms with Crippen molar-refractivity contribution in [3.05, 3.63) is 97.2 Å². The van der Waals surface area contributed by atoms with Crippen molar-refractivity contribution < 1.29 is 49.8 Å². The molecule has 0 aliphatic heterocycles. The van der Waals surface area contributed by atoms with Gasteiger partial charge in [0, 0.05) is 38.2 Å². The molecule has 33 heavy (non-hydrogen) atoms. The monoisotopic (exact) mass is 582 g/mol. The Balaban J connectivity index is 0.000000793. The minimum Gasteiger partial charge on any atom is -0.878 e. The molecule has 0 fully saturated rings. The molecule has 0 saturated heterocycles. The van der Waals surface area contributed by atoms with Gasteiger partial charge in [-0.3, -0.25) is 26.5 Å². The molecule has 3 rings (SSSR count). The van der Waals surface area contributed by atoms with Crippen molar-refractivity contribution in [2.45, 2.75) is 19.6 Å². The minimum absolute atomic E-state index is 0. The van der Waals surface area contributed by atoms with E-state index in [4.69, 9.17) is 5.11 Å². The molecule has 5 nitrogen and oxygen atoms in total. The average Bonchev–Trinajstić information content (AvgIpc) is 2.69. The van der Waals surface area contributed by atoms with Crippen LogP contribution in [0.5, 0.6) is 0 Å². The number of aromatic nitrogens is 3. The van der Waals surface area contributed by atoms with Crippen LogP contribution in [-0.4, -0.2) is 26.5 Å². The second-order valence-electron chi connectivity index (χ2n) is 6.27. The summed E-state index contributed by atoms with van der Waals surface area (Å²) in [6.07, 6.45) is 5.49. The molecule has 0 atom stereocenters. The number of halogens is 6. The second kappa shape index (κ2) is 13.0. The number of pyridine rings is 3. The van der Waals surface area contributed by atoms with Crippen molar-refractivity contribution in [2.24, 2.45) is 0 Å². The average molecular weight is 582 g/mol. The van der Waals surface area contributed by atoms with Crippen molar-refractivity contribution in [3.8, 4) is 0 Å². The fourth-order valence-electron chi connectivity index (χ4n) is 2.33. The van der Waals surface area contributed by atoms with Crippen molar-refractivity contribution in [1.82, 2.24) is 19.9 Å². The van der Waals surface area contributed by atoms with Crippen molar-refractivity contribution in [1.29, 1.82) is 0 Å². The maximum Gasteiger partial charge on any atom is 3.00 e. The van der Waals surface area contributed by atoms with Crippen LogP contribution in [0.15, 0.2) is 73.2 Å². The maximum atomic E-state index is 9.87. The Morgan fingerprint density at radius 2 is 0.909 bits per heavy atom. The molecular formula is C20H22F6N4OPRh. The molecule has 0 unspecified atom stereocenters. The Kier molecular flexibility index (Phi) is 12.2. The summed E-state index contributed by atoms with van der Waals surface area (Å²) in [5.74, 6) is 0. The SMILES string of the molecule is F[P-](F)(F)(F)(F)F.[CH2-]C[O-].[Rh+3].c1ccc(CN(Cc2ccccn2)Cc2ccccn2)nc1. The van der Waals surface area contributed by atoms with Gasteiger partial charge in [0.05, 0.1) is 17.1 Å². The molecule has 0 saturated carbocycles. The molecule has 0 spiro atoms. The fourth-order valence-corrected chi connectivity index (χ4v) is 2.33. The molecule has 0 aliphatic carbocycles. The van der Waals surface area contributed by atoms with E-state index in [2.05, 4.69) is 26.8 Å². The molecule has 0 aromatic carbocycles. The van der Waals surface area contributed by atoms with E-state index < -0.39 is 7.81 Å². The zero-order chi connectivity index (χ0) is 24.2. The summed E-state index contributed by atoms with van der Waals surface area (Å²) in [5, 5.41) is 8.82. The molecule has 3 aromatic rings. The van der Waals surface area contributed by atoms with Crippen LogP contribution in [-0.2, 0) is 39.1 Å². The third-order valence-electron chi connectivity index (χ3n) is 3.34. The van der Waals surface area contributed by atoms with Gasteiger partial charge in [0.2, 0.25) is 0 Å². The van der Waals surface area contributed by atoms with Gasteiger partial charge in [0.15, 0.2) is 0 Å². The van der Waals surface area contributed by atoms with E-state index in [1.54, 1.807) is 0 Å². The molecular weight excluding hydrogens is 560 g/mol. The fraction of sp³-hybridized carbons (Fsp3) is 0.200. The zero-order valence-corrected chi connectivity index (χ0v) is 19.7. The summed E-state index contributed by atoms with van der Waals surface area (Å²) in [5.41, 5.74) is 3.15. The molecule has 0 bridgehead atoms. The smallest absolute Gasteiger partial charge is 0.878 e. The van der Waals surface area contributed by atoms with Crippen LogP contribution >= 0.6 is 7.81 Å². The topological polar surface area (TPSA) is 65.0 Å². The van der Waals surface area contributed by atoms with Gasteiger partial charge in [0.1, 0.15) is 0 Å². The number of rotatable bonds is 6. The molecule has 0 amide bonds. The summed E-state index contributed by atoms with van der Waals surface area (Å²) in [6.45, 7) is 5.00. The predicted octanol–water partition coefficient (Wildman–Crippen LogP) is 5.63. The summed E-state index contributed by atoms with van der Waals surface area (Å²) >= 11 is 0. The van der Waals surface area contributed by atoms with Gasteiger partial charge in [0.25, 0.3) is 0 Å². The Bertz CT molecular complexity index is 798. The van der Waals surface area contributed by atoms with E-state index in [0.717, 1.165) is 36.7 Å². The van der Waals surface area contributed by atoms with Crippen molar-refractivity contribution >= 4 is 7.81 Å². The molecule has 3 heterocycles. The Labute approximate surface area is 200 Å². The predicted molar refractivity (Wildman–Crippen MR) is 109 cm³/mol. The van der Waals surface area contributed by atoms with Gasteiger partial charge in [-0.2, -0.15) is 0 Å². The first-order chi connectivity index (χ1) is 14.8. The van der Waals surface area contributed by atoms with E-state index >= 15 is 0 Å².